The van der Waals surface area contributed by atoms with E-state index in [2.05, 4.69) is 19.2 Å². The monoisotopic (exact) mass is 710 g/mol. The normalized spacial score (nSPS) is 12.6. The van der Waals surface area contributed by atoms with Crippen molar-refractivity contribution in [1.29, 1.82) is 0 Å². The Balaban J connectivity index is 3.45. The molecule has 2 unspecified atom stereocenters. The van der Waals surface area contributed by atoms with Gasteiger partial charge in [0.1, 0.15) is 0 Å². The van der Waals surface area contributed by atoms with E-state index in [1.54, 1.807) is 0 Å². The van der Waals surface area contributed by atoms with E-state index in [-0.39, 0.29) is 18.5 Å². The molecule has 0 aromatic rings. The molecule has 6 nitrogen and oxygen atoms in total. The molecule has 0 heterocycles. The van der Waals surface area contributed by atoms with E-state index >= 15 is 0 Å². The van der Waals surface area contributed by atoms with Crippen molar-refractivity contribution in [2.24, 2.45) is 0 Å². The topological polar surface area (TPSA) is 95.9 Å². The van der Waals surface area contributed by atoms with Crippen LogP contribution in [0, 0.1) is 0 Å². The first-order chi connectivity index (χ1) is 24.5. The van der Waals surface area contributed by atoms with Crippen molar-refractivity contribution in [2.45, 2.75) is 257 Å². The van der Waals surface area contributed by atoms with Crippen molar-refractivity contribution in [2.75, 3.05) is 13.2 Å². The molecular weight excluding hydrogens is 622 g/mol. The molecule has 0 rings (SSSR count). The van der Waals surface area contributed by atoms with Gasteiger partial charge < -0.3 is 20.3 Å². The van der Waals surface area contributed by atoms with Crippen LogP contribution in [0.25, 0.3) is 0 Å². The summed E-state index contributed by atoms with van der Waals surface area (Å²) in [4.78, 5) is 24.3. The van der Waals surface area contributed by atoms with Crippen LogP contribution in [0.1, 0.15) is 245 Å². The Labute approximate surface area is 311 Å². The van der Waals surface area contributed by atoms with Crippen molar-refractivity contribution < 1.29 is 24.5 Å². The third kappa shape index (κ3) is 36.6. The molecule has 0 fully saturated rings. The summed E-state index contributed by atoms with van der Waals surface area (Å²) in [5.41, 5.74) is 0. The van der Waals surface area contributed by atoms with Gasteiger partial charge in [-0.05, 0) is 25.7 Å². The first kappa shape index (κ1) is 48.9. The third-order valence-corrected chi connectivity index (χ3v) is 10.4. The Hall–Kier alpha value is -1.14. The highest BCUT2D eigenvalue weighted by atomic mass is 16.5. The summed E-state index contributed by atoms with van der Waals surface area (Å²) in [5, 5.41) is 23.0. The Morgan fingerprint density at radius 3 is 1.22 bits per heavy atom. The first-order valence-electron chi connectivity index (χ1n) is 22.3. The van der Waals surface area contributed by atoms with Crippen LogP contribution >= 0.6 is 0 Å². The first-order valence-corrected chi connectivity index (χ1v) is 22.3. The average Bonchev–Trinajstić information content (AvgIpc) is 3.11. The maximum absolute atomic E-state index is 12.3. The van der Waals surface area contributed by atoms with Gasteiger partial charge in [0.15, 0.2) is 0 Å². The predicted octanol–water partition coefficient (Wildman–Crippen LogP) is 12.5. The van der Waals surface area contributed by atoms with Crippen LogP contribution in [0.4, 0.5) is 0 Å². The molecule has 0 aliphatic carbocycles. The van der Waals surface area contributed by atoms with Crippen LogP contribution in [0.15, 0.2) is 0 Å². The lowest BCUT2D eigenvalue weighted by atomic mass is 10.0. The van der Waals surface area contributed by atoms with Crippen LogP contribution in [0.5, 0.6) is 0 Å². The van der Waals surface area contributed by atoms with Gasteiger partial charge in [-0.2, -0.15) is 0 Å². The summed E-state index contributed by atoms with van der Waals surface area (Å²) >= 11 is 0. The lowest BCUT2D eigenvalue weighted by Gasteiger charge is -2.22. The van der Waals surface area contributed by atoms with Crippen molar-refractivity contribution in [3.05, 3.63) is 0 Å². The second kappa shape index (κ2) is 40.6. The Morgan fingerprint density at radius 1 is 0.480 bits per heavy atom. The molecule has 3 N–H and O–H groups in total. The Bertz CT molecular complexity index is 702. The molecule has 2 atom stereocenters. The third-order valence-electron chi connectivity index (χ3n) is 10.4. The molecule has 298 valence electrons. The number of carbonyl (C=O) groups excluding carboxylic acids is 2. The summed E-state index contributed by atoms with van der Waals surface area (Å²) in [6.45, 7) is 4.87. The molecule has 0 bridgehead atoms. The number of nitrogens with one attached hydrogen (secondary N) is 1. The fourth-order valence-electron chi connectivity index (χ4n) is 6.93. The molecular formula is C44H87NO5. The van der Waals surface area contributed by atoms with E-state index in [1.807, 2.05) is 0 Å². The average molecular weight is 710 g/mol. The van der Waals surface area contributed by atoms with Crippen LogP contribution in [0.3, 0.4) is 0 Å². The standard InChI is InChI=1S/C44H87NO5/c1-3-5-7-9-11-13-14-15-16-17-18-22-26-30-34-38-44(49)50-39-35-31-27-23-19-21-25-29-33-37-43(48)45-41(40-46)42(47)36-32-28-24-20-12-10-8-6-4-2/h41-42,46-47H,3-40H2,1-2H3,(H,45,48). The molecule has 0 saturated carbocycles. The summed E-state index contributed by atoms with van der Waals surface area (Å²) in [6.07, 6.45) is 42.0. The number of ether oxygens (including phenoxy) is 1. The highest BCUT2D eigenvalue weighted by molar-refractivity contribution is 5.76. The number of hydrogen-bond acceptors (Lipinski definition) is 5. The minimum Gasteiger partial charge on any atom is -0.466 e. The van der Waals surface area contributed by atoms with Gasteiger partial charge in [-0.1, -0.05) is 206 Å². The number of aliphatic hydroxyl groups is 2. The van der Waals surface area contributed by atoms with Gasteiger partial charge in [-0.15, -0.1) is 0 Å². The van der Waals surface area contributed by atoms with Gasteiger partial charge in [0.2, 0.25) is 5.91 Å². The van der Waals surface area contributed by atoms with Gasteiger partial charge in [-0.25, -0.2) is 0 Å². The summed E-state index contributed by atoms with van der Waals surface area (Å²) in [6, 6.07) is -0.557. The molecule has 0 radical (unpaired) electrons. The number of carbonyl (C=O) groups is 2. The van der Waals surface area contributed by atoms with E-state index in [9.17, 15) is 19.8 Å². The van der Waals surface area contributed by atoms with E-state index < -0.39 is 12.1 Å². The van der Waals surface area contributed by atoms with Crippen molar-refractivity contribution in [3.8, 4) is 0 Å². The molecule has 1 amide bonds. The molecule has 0 aliphatic heterocycles. The number of unbranched alkanes of at least 4 members (excludes halogenated alkanes) is 30. The zero-order valence-corrected chi connectivity index (χ0v) is 33.6. The van der Waals surface area contributed by atoms with Crippen LogP contribution in [0.2, 0.25) is 0 Å². The fraction of sp³-hybridized carbons (Fsp3) is 0.955. The highest BCUT2D eigenvalue weighted by Gasteiger charge is 2.20. The van der Waals surface area contributed by atoms with Crippen LogP contribution in [-0.2, 0) is 14.3 Å². The second-order valence-electron chi connectivity index (χ2n) is 15.4. The number of esters is 1. The summed E-state index contributed by atoms with van der Waals surface area (Å²) in [5.74, 6) is -0.0868. The molecule has 0 aromatic carbocycles. The van der Waals surface area contributed by atoms with Crippen LogP contribution < -0.4 is 5.32 Å². The van der Waals surface area contributed by atoms with Crippen LogP contribution in [-0.4, -0.2) is 47.4 Å². The maximum atomic E-state index is 12.3. The molecule has 0 saturated heterocycles. The van der Waals surface area contributed by atoms with E-state index in [4.69, 9.17) is 4.74 Å². The number of amides is 1. The zero-order chi connectivity index (χ0) is 36.6. The van der Waals surface area contributed by atoms with Gasteiger partial charge in [0, 0.05) is 12.8 Å². The van der Waals surface area contributed by atoms with E-state index in [0.29, 0.717) is 25.9 Å². The molecule has 0 aliphatic rings. The Kier molecular flexibility index (Phi) is 39.7. The quantitative estimate of drug-likeness (QED) is 0.0434. The second-order valence-corrected chi connectivity index (χ2v) is 15.4. The van der Waals surface area contributed by atoms with Gasteiger partial charge >= 0.3 is 5.97 Å². The Morgan fingerprint density at radius 2 is 0.820 bits per heavy atom. The minimum absolute atomic E-state index is 0.0227. The van der Waals surface area contributed by atoms with E-state index in [1.165, 1.54) is 154 Å². The minimum atomic E-state index is -0.677. The van der Waals surface area contributed by atoms with Gasteiger partial charge in [0.25, 0.3) is 0 Å². The van der Waals surface area contributed by atoms with Gasteiger partial charge in [-0.3, -0.25) is 9.59 Å². The lowest BCUT2D eigenvalue weighted by Crippen LogP contribution is -2.45. The van der Waals surface area contributed by atoms with Crippen molar-refractivity contribution in [3.63, 3.8) is 0 Å². The highest BCUT2D eigenvalue weighted by Crippen LogP contribution is 2.16. The summed E-state index contributed by atoms with van der Waals surface area (Å²) in [7, 11) is 0. The predicted molar refractivity (Wildman–Crippen MR) is 214 cm³/mol. The largest absolute Gasteiger partial charge is 0.466 e. The smallest absolute Gasteiger partial charge is 0.305 e. The number of rotatable bonds is 41. The molecule has 6 heteroatoms. The maximum Gasteiger partial charge on any atom is 0.305 e. The van der Waals surface area contributed by atoms with E-state index in [0.717, 1.165) is 57.8 Å². The molecule has 0 aromatic heterocycles. The molecule has 50 heavy (non-hydrogen) atoms. The molecule has 0 spiro atoms. The fourth-order valence-corrected chi connectivity index (χ4v) is 6.93. The van der Waals surface area contributed by atoms with Crippen molar-refractivity contribution in [1.82, 2.24) is 5.32 Å². The number of hydrogen-bond donors (Lipinski definition) is 3. The van der Waals surface area contributed by atoms with Crippen molar-refractivity contribution >= 4 is 11.9 Å². The summed E-state index contributed by atoms with van der Waals surface area (Å²) < 4.78 is 5.44. The van der Waals surface area contributed by atoms with Gasteiger partial charge in [0.05, 0.1) is 25.4 Å². The zero-order valence-electron chi connectivity index (χ0n) is 33.6. The number of aliphatic hydroxyl groups excluding tert-OH is 2. The SMILES string of the molecule is CCCCCCCCCCCCCCCCCC(=O)OCCCCCCCCCCCC(=O)NC(CO)C(O)CCCCCCCCCCC. The lowest BCUT2D eigenvalue weighted by molar-refractivity contribution is -0.143.